The molecular weight excluding hydrogens is 374 g/mol. The van der Waals surface area contributed by atoms with Gasteiger partial charge >= 0.3 is 5.97 Å². The lowest BCUT2D eigenvalue weighted by Gasteiger charge is -2.15. The predicted octanol–water partition coefficient (Wildman–Crippen LogP) is 3.72. The molecule has 0 aliphatic heterocycles. The van der Waals surface area contributed by atoms with Crippen molar-refractivity contribution in [3.63, 3.8) is 0 Å². The van der Waals surface area contributed by atoms with Gasteiger partial charge in [-0.3, -0.25) is 9.78 Å². The molecule has 0 aliphatic carbocycles. The standard InChI is InChI=1S/C17H12BrN3O3/c1-9(22)20-16-14(17(23)24)12-8-19-7-6-13(12)21-15(16)10-2-4-11(18)5-3-10/h2-8H,1H3,(H,20,22)(H,23,24). The van der Waals surface area contributed by atoms with Gasteiger partial charge in [-0.2, -0.15) is 0 Å². The number of fused-ring (bicyclic) bond motifs is 1. The van der Waals surface area contributed by atoms with Gasteiger partial charge in [0.15, 0.2) is 0 Å². The molecule has 1 aromatic carbocycles. The van der Waals surface area contributed by atoms with E-state index in [2.05, 4.69) is 31.2 Å². The van der Waals surface area contributed by atoms with Crippen LogP contribution in [-0.2, 0) is 4.79 Å². The average molecular weight is 386 g/mol. The summed E-state index contributed by atoms with van der Waals surface area (Å²) in [5, 5.41) is 12.7. The van der Waals surface area contributed by atoms with E-state index in [9.17, 15) is 14.7 Å². The third-order valence-electron chi connectivity index (χ3n) is 3.42. The Balaban J connectivity index is 2.40. The SMILES string of the molecule is CC(=O)Nc1c(-c2ccc(Br)cc2)nc2ccncc2c1C(=O)O. The number of nitrogens with one attached hydrogen (secondary N) is 1. The summed E-state index contributed by atoms with van der Waals surface area (Å²) in [7, 11) is 0. The van der Waals surface area contributed by atoms with E-state index < -0.39 is 5.97 Å². The van der Waals surface area contributed by atoms with Gasteiger partial charge in [-0.25, -0.2) is 9.78 Å². The van der Waals surface area contributed by atoms with Crippen molar-refractivity contribution in [3.05, 3.63) is 52.8 Å². The topological polar surface area (TPSA) is 92.2 Å². The summed E-state index contributed by atoms with van der Waals surface area (Å²) in [6.07, 6.45) is 2.98. The summed E-state index contributed by atoms with van der Waals surface area (Å²) in [6.45, 7) is 1.32. The van der Waals surface area contributed by atoms with Gasteiger partial charge in [0.1, 0.15) is 0 Å². The van der Waals surface area contributed by atoms with Gasteiger partial charge in [0, 0.05) is 34.7 Å². The number of anilines is 1. The lowest BCUT2D eigenvalue weighted by Crippen LogP contribution is -2.14. The van der Waals surface area contributed by atoms with Gasteiger partial charge in [0.05, 0.1) is 22.5 Å². The maximum absolute atomic E-state index is 11.8. The fraction of sp³-hybridized carbons (Fsp3) is 0.0588. The largest absolute Gasteiger partial charge is 0.478 e. The number of amides is 1. The summed E-state index contributed by atoms with van der Waals surface area (Å²) in [5.74, 6) is -1.53. The Hall–Kier alpha value is -2.80. The van der Waals surface area contributed by atoms with Gasteiger partial charge in [0.25, 0.3) is 0 Å². The summed E-state index contributed by atoms with van der Waals surface area (Å²) >= 11 is 3.36. The second-order valence-electron chi connectivity index (χ2n) is 5.10. The second kappa shape index (κ2) is 6.37. The van der Waals surface area contributed by atoms with Gasteiger partial charge < -0.3 is 10.4 Å². The average Bonchev–Trinajstić information content (AvgIpc) is 2.54. The van der Waals surface area contributed by atoms with Crippen LogP contribution in [0, 0.1) is 0 Å². The number of hydrogen-bond acceptors (Lipinski definition) is 4. The number of carboxylic acids is 1. The van der Waals surface area contributed by atoms with Crippen molar-refractivity contribution in [3.8, 4) is 11.3 Å². The molecule has 0 bridgehead atoms. The number of aromatic nitrogens is 2. The maximum Gasteiger partial charge on any atom is 0.338 e. The molecule has 0 aliphatic rings. The fourth-order valence-electron chi connectivity index (χ4n) is 2.44. The van der Waals surface area contributed by atoms with Gasteiger partial charge in [-0.1, -0.05) is 28.1 Å². The zero-order valence-electron chi connectivity index (χ0n) is 12.6. The maximum atomic E-state index is 11.8. The first-order valence-corrected chi connectivity index (χ1v) is 7.81. The van der Waals surface area contributed by atoms with E-state index in [1.807, 2.05) is 12.1 Å². The Morgan fingerprint density at radius 1 is 1.17 bits per heavy atom. The van der Waals surface area contributed by atoms with Crippen molar-refractivity contribution < 1.29 is 14.7 Å². The third kappa shape index (κ3) is 2.98. The van der Waals surface area contributed by atoms with Gasteiger partial charge in [-0.15, -0.1) is 0 Å². The molecule has 2 N–H and O–H groups in total. The van der Waals surface area contributed by atoms with E-state index in [1.165, 1.54) is 13.1 Å². The normalized spacial score (nSPS) is 10.6. The van der Waals surface area contributed by atoms with E-state index in [4.69, 9.17) is 0 Å². The van der Waals surface area contributed by atoms with E-state index in [0.717, 1.165) is 4.47 Å². The molecule has 6 nitrogen and oxygen atoms in total. The molecule has 0 fully saturated rings. The van der Waals surface area contributed by atoms with Crippen LogP contribution in [0.4, 0.5) is 5.69 Å². The summed E-state index contributed by atoms with van der Waals surface area (Å²) < 4.78 is 0.885. The molecule has 0 saturated carbocycles. The Morgan fingerprint density at radius 3 is 2.50 bits per heavy atom. The number of carbonyl (C=O) groups excluding carboxylic acids is 1. The summed E-state index contributed by atoms with van der Waals surface area (Å²) in [5.41, 5.74) is 1.73. The fourth-order valence-corrected chi connectivity index (χ4v) is 2.71. The molecule has 24 heavy (non-hydrogen) atoms. The van der Waals surface area contributed by atoms with Crippen LogP contribution >= 0.6 is 15.9 Å². The number of carboxylic acid groups (broad SMARTS) is 1. The van der Waals surface area contributed by atoms with Crippen molar-refractivity contribution in [2.75, 3.05) is 5.32 Å². The Labute approximate surface area is 145 Å². The van der Waals surface area contributed by atoms with Crippen LogP contribution < -0.4 is 5.32 Å². The molecule has 0 spiro atoms. The highest BCUT2D eigenvalue weighted by Crippen LogP contribution is 2.34. The van der Waals surface area contributed by atoms with Crippen molar-refractivity contribution >= 4 is 44.4 Å². The van der Waals surface area contributed by atoms with Crippen LogP contribution in [0.1, 0.15) is 17.3 Å². The minimum absolute atomic E-state index is 0.0266. The molecule has 2 aromatic heterocycles. The molecular formula is C17H12BrN3O3. The highest BCUT2D eigenvalue weighted by atomic mass is 79.9. The van der Waals surface area contributed by atoms with Crippen molar-refractivity contribution in [1.82, 2.24) is 9.97 Å². The van der Waals surface area contributed by atoms with Crippen LogP contribution in [0.2, 0.25) is 0 Å². The summed E-state index contributed by atoms with van der Waals surface area (Å²) in [4.78, 5) is 32.0. The zero-order chi connectivity index (χ0) is 17.3. The zero-order valence-corrected chi connectivity index (χ0v) is 14.2. The third-order valence-corrected chi connectivity index (χ3v) is 3.95. The number of halogens is 1. The Kier molecular flexibility index (Phi) is 4.26. The van der Waals surface area contributed by atoms with Crippen LogP contribution in [0.5, 0.6) is 0 Å². The highest BCUT2D eigenvalue weighted by molar-refractivity contribution is 9.10. The first kappa shape index (κ1) is 16.1. The first-order valence-electron chi connectivity index (χ1n) is 7.02. The van der Waals surface area contributed by atoms with E-state index in [1.54, 1.807) is 24.4 Å². The number of hydrogen-bond donors (Lipinski definition) is 2. The first-order chi connectivity index (χ1) is 11.5. The molecule has 2 heterocycles. The smallest absolute Gasteiger partial charge is 0.338 e. The Bertz CT molecular complexity index is 955. The van der Waals surface area contributed by atoms with E-state index >= 15 is 0 Å². The molecule has 1 amide bonds. The number of rotatable bonds is 3. The lowest BCUT2D eigenvalue weighted by atomic mass is 10.0. The van der Waals surface area contributed by atoms with Crippen LogP contribution in [0.25, 0.3) is 22.2 Å². The molecule has 120 valence electrons. The van der Waals surface area contributed by atoms with E-state index in [0.29, 0.717) is 22.2 Å². The second-order valence-corrected chi connectivity index (χ2v) is 6.01. The van der Waals surface area contributed by atoms with Crippen molar-refractivity contribution in [2.45, 2.75) is 6.92 Å². The monoisotopic (exact) mass is 385 g/mol. The van der Waals surface area contributed by atoms with Crippen LogP contribution in [0.15, 0.2) is 47.2 Å². The molecule has 3 aromatic rings. The molecule has 0 radical (unpaired) electrons. The number of aromatic carboxylic acids is 1. The lowest BCUT2D eigenvalue weighted by molar-refractivity contribution is -0.114. The van der Waals surface area contributed by atoms with E-state index in [-0.39, 0.29) is 17.2 Å². The molecule has 3 rings (SSSR count). The number of nitrogens with zero attached hydrogens (tertiary/aromatic N) is 2. The molecule has 0 unspecified atom stereocenters. The number of pyridine rings is 2. The van der Waals surface area contributed by atoms with Gasteiger partial charge in [-0.05, 0) is 18.2 Å². The number of carbonyl (C=O) groups is 2. The number of benzene rings is 1. The quantitative estimate of drug-likeness (QED) is 0.716. The Morgan fingerprint density at radius 2 is 1.88 bits per heavy atom. The van der Waals surface area contributed by atoms with Crippen LogP contribution in [-0.4, -0.2) is 27.0 Å². The highest BCUT2D eigenvalue weighted by Gasteiger charge is 2.22. The minimum Gasteiger partial charge on any atom is -0.478 e. The van der Waals surface area contributed by atoms with Gasteiger partial charge in [0.2, 0.25) is 5.91 Å². The molecule has 0 atom stereocenters. The minimum atomic E-state index is -1.16. The molecule has 0 saturated heterocycles. The summed E-state index contributed by atoms with van der Waals surface area (Å²) in [6, 6.07) is 8.89. The molecule has 7 heteroatoms. The predicted molar refractivity (Wildman–Crippen MR) is 93.9 cm³/mol. The van der Waals surface area contributed by atoms with Crippen molar-refractivity contribution in [1.29, 1.82) is 0 Å². The van der Waals surface area contributed by atoms with Crippen LogP contribution in [0.3, 0.4) is 0 Å². The van der Waals surface area contributed by atoms with Crippen molar-refractivity contribution in [2.24, 2.45) is 0 Å².